The van der Waals surface area contributed by atoms with Crippen LogP contribution in [0.25, 0.3) is 0 Å². The van der Waals surface area contributed by atoms with E-state index >= 15 is 0 Å². The quantitative estimate of drug-likeness (QED) is 0.506. The first kappa shape index (κ1) is 17.3. The van der Waals surface area contributed by atoms with Crippen molar-refractivity contribution >= 4 is 23.7 Å². The van der Waals surface area contributed by atoms with Crippen molar-refractivity contribution in [3.63, 3.8) is 0 Å². The summed E-state index contributed by atoms with van der Waals surface area (Å²) in [5, 5.41) is 4.91. The molecule has 120 valence electrons. The van der Waals surface area contributed by atoms with E-state index in [0.29, 0.717) is 0 Å². The van der Waals surface area contributed by atoms with Crippen LogP contribution in [0.4, 0.5) is 15.3 Å². The third-order valence-corrected chi connectivity index (χ3v) is 2.37. The minimum Gasteiger partial charge on any atom is -0.449 e. The molecule has 0 saturated heterocycles. The van der Waals surface area contributed by atoms with E-state index < -0.39 is 12.2 Å². The molecule has 0 heterocycles. The Hall–Kier alpha value is -2.77. The number of hydrogen-bond donors (Lipinski definition) is 2. The maximum absolute atomic E-state index is 11.9. The summed E-state index contributed by atoms with van der Waals surface area (Å²) in [7, 11) is 0. The molecule has 8 nitrogen and oxygen atoms in total. The molecule has 0 aliphatic heterocycles. The van der Waals surface area contributed by atoms with Gasteiger partial charge in [0, 0.05) is 0 Å². The monoisotopic (exact) mass is 308 g/mol. The maximum atomic E-state index is 11.9. The van der Waals surface area contributed by atoms with Gasteiger partial charge in [-0.2, -0.15) is 10.1 Å². The highest BCUT2D eigenvalue weighted by Gasteiger charge is 2.21. The molecule has 2 N–H and O–H groups in total. The van der Waals surface area contributed by atoms with Gasteiger partial charge in [-0.3, -0.25) is 5.43 Å². The zero-order valence-electron chi connectivity index (χ0n) is 12.8. The van der Waals surface area contributed by atoms with Crippen LogP contribution >= 0.6 is 0 Å². The fourth-order valence-electron chi connectivity index (χ4n) is 1.41. The standard InChI is InChI=1S/C14H20N4O4/c1-4-21-13(19)17-18(14(20)22-5-2)11(3)15-16-12-9-7-6-8-10-12/h6-10,16H,4-5H2,1-3H3,(H,17,19). The second-order valence-corrected chi connectivity index (χ2v) is 4.00. The number of nitrogens with zero attached hydrogens (tertiary/aromatic N) is 2. The number of carbonyl (C=O) groups is 2. The summed E-state index contributed by atoms with van der Waals surface area (Å²) in [4.78, 5) is 23.3. The zero-order chi connectivity index (χ0) is 16.4. The molecular formula is C14H20N4O4. The van der Waals surface area contributed by atoms with Crippen molar-refractivity contribution in [2.45, 2.75) is 20.8 Å². The van der Waals surface area contributed by atoms with Crippen LogP contribution in [0.3, 0.4) is 0 Å². The highest BCUT2D eigenvalue weighted by Crippen LogP contribution is 2.05. The zero-order valence-corrected chi connectivity index (χ0v) is 12.8. The first-order valence-corrected chi connectivity index (χ1v) is 6.84. The Morgan fingerprint density at radius 1 is 1.14 bits per heavy atom. The van der Waals surface area contributed by atoms with Gasteiger partial charge in [-0.15, -0.1) is 0 Å². The number of hydrazine groups is 1. The van der Waals surface area contributed by atoms with Crippen molar-refractivity contribution in [2.24, 2.45) is 5.10 Å². The molecule has 1 rings (SSSR count). The van der Waals surface area contributed by atoms with Gasteiger partial charge < -0.3 is 9.47 Å². The van der Waals surface area contributed by atoms with E-state index in [0.717, 1.165) is 10.7 Å². The number of hydrogen-bond acceptors (Lipinski definition) is 6. The lowest BCUT2D eigenvalue weighted by molar-refractivity contribution is 0.0989. The number of amidine groups is 1. The maximum Gasteiger partial charge on any atom is 0.434 e. The molecule has 0 aromatic heterocycles. The lowest BCUT2D eigenvalue weighted by Gasteiger charge is -2.21. The number of amides is 2. The van der Waals surface area contributed by atoms with Crippen LogP contribution in [0.1, 0.15) is 20.8 Å². The molecule has 2 amide bonds. The summed E-state index contributed by atoms with van der Waals surface area (Å²) in [6.07, 6.45) is -1.53. The first-order valence-electron chi connectivity index (χ1n) is 6.84. The number of hydrazone groups is 1. The van der Waals surface area contributed by atoms with Gasteiger partial charge in [-0.05, 0) is 32.9 Å². The van der Waals surface area contributed by atoms with Crippen molar-refractivity contribution in [2.75, 3.05) is 18.6 Å². The molecule has 0 fully saturated rings. The molecule has 0 bridgehead atoms. The number of nitrogens with one attached hydrogen (secondary N) is 2. The van der Waals surface area contributed by atoms with E-state index in [1.807, 2.05) is 30.3 Å². The predicted molar refractivity (Wildman–Crippen MR) is 82.2 cm³/mol. The Balaban J connectivity index is 2.79. The Morgan fingerprint density at radius 2 is 1.77 bits per heavy atom. The fourth-order valence-corrected chi connectivity index (χ4v) is 1.41. The average molecular weight is 308 g/mol. The van der Waals surface area contributed by atoms with E-state index in [4.69, 9.17) is 9.47 Å². The van der Waals surface area contributed by atoms with E-state index in [1.54, 1.807) is 20.8 Å². The smallest absolute Gasteiger partial charge is 0.434 e. The Morgan fingerprint density at radius 3 is 2.36 bits per heavy atom. The van der Waals surface area contributed by atoms with Crippen molar-refractivity contribution in [3.8, 4) is 0 Å². The van der Waals surface area contributed by atoms with Crippen molar-refractivity contribution in [3.05, 3.63) is 30.3 Å². The highest BCUT2D eigenvalue weighted by atomic mass is 16.6. The molecule has 0 aliphatic rings. The van der Waals surface area contributed by atoms with Crippen LogP contribution in [0, 0.1) is 0 Å². The molecule has 1 aromatic carbocycles. The SMILES string of the molecule is CCOC(=O)NN(C(=O)OCC)C(C)=NNc1ccccc1. The van der Waals surface area contributed by atoms with Gasteiger partial charge in [0.2, 0.25) is 0 Å². The van der Waals surface area contributed by atoms with Crippen LogP contribution in [0.2, 0.25) is 0 Å². The molecule has 0 radical (unpaired) electrons. The number of rotatable bonds is 4. The first-order chi connectivity index (χ1) is 10.6. The van der Waals surface area contributed by atoms with Crippen molar-refractivity contribution in [1.29, 1.82) is 0 Å². The predicted octanol–water partition coefficient (Wildman–Crippen LogP) is 2.55. The second kappa shape index (κ2) is 9.22. The summed E-state index contributed by atoms with van der Waals surface area (Å²) in [6, 6.07) is 9.17. The normalized spacial score (nSPS) is 10.6. The third kappa shape index (κ3) is 5.70. The molecule has 0 spiro atoms. The van der Waals surface area contributed by atoms with Crippen LogP contribution < -0.4 is 10.9 Å². The molecule has 0 saturated carbocycles. The van der Waals surface area contributed by atoms with Gasteiger partial charge in [0.25, 0.3) is 0 Å². The number of ether oxygens (including phenoxy) is 2. The fraction of sp³-hybridized carbons (Fsp3) is 0.357. The van der Waals surface area contributed by atoms with Gasteiger partial charge in [0.05, 0.1) is 18.9 Å². The Labute approximate surface area is 129 Å². The molecule has 8 heteroatoms. The number of anilines is 1. The summed E-state index contributed by atoms with van der Waals surface area (Å²) in [5.74, 6) is 0.190. The van der Waals surface area contributed by atoms with Crippen molar-refractivity contribution < 1.29 is 19.1 Å². The summed E-state index contributed by atoms with van der Waals surface area (Å²) < 4.78 is 9.60. The van der Waals surface area contributed by atoms with E-state index in [1.165, 1.54) is 0 Å². The van der Waals surface area contributed by atoms with E-state index in [2.05, 4.69) is 16.0 Å². The second-order valence-electron chi connectivity index (χ2n) is 4.00. The third-order valence-electron chi connectivity index (χ3n) is 2.37. The largest absolute Gasteiger partial charge is 0.449 e. The summed E-state index contributed by atoms with van der Waals surface area (Å²) in [6.45, 7) is 5.21. The highest BCUT2D eigenvalue weighted by molar-refractivity contribution is 5.95. The minimum absolute atomic E-state index is 0.166. The van der Waals surface area contributed by atoms with Crippen LogP contribution in [0.5, 0.6) is 0 Å². The van der Waals surface area contributed by atoms with Gasteiger partial charge in [0.15, 0.2) is 5.84 Å². The van der Waals surface area contributed by atoms with E-state index in [-0.39, 0.29) is 19.0 Å². The minimum atomic E-state index is -0.773. The van der Waals surface area contributed by atoms with Crippen LogP contribution in [-0.2, 0) is 9.47 Å². The van der Waals surface area contributed by atoms with E-state index in [9.17, 15) is 9.59 Å². The van der Waals surface area contributed by atoms with Crippen LogP contribution in [0.15, 0.2) is 35.4 Å². The van der Waals surface area contributed by atoms with Gasteiger partial charge in [-0.1, -0.05) is 18.2 Å². The molecule has 0 unspecified atom stereocenters. The molecule has 1 aromatic rings. The van der Waals surface area contributed by atoms with Crippen molar-refractivity contribution in [1.82, 2.24) is 10.4 Å². The average Bonchev–Trinajstić information content (AvgIpc) is 2.52. The molecule has 0 aliphatic carbocycles. The summed E-state index contributed by atoms with van der Waals surface area (Å²) in [5.41, 5.74) is 5.78. The van der Waals surface area contributed by atoms with Gasteiger partial charge in [0.1, 0.15) is 0 Å². The topological polar surface area (TPSA) is 92.3 Å². The van der Waals surface area contributed by atoms with Gasteiger partial charge in [-0.25, -0.2) is 15.0 Å². The Bertz CT molecular complexity index is 519. The number of carbonyl (C=O) groups excluding carboxylic acids is 2. The lowest BCUT2D eigenvalue weighted by atomic mass is 10.3. The lowest BCUT2D eigenvalue weighted by Crippen LogP contribution is -2.49. The van der Waals surface area contributed by atoms with Crippen LogP contribution in [-0.4, -0.2) is 36.2 Å². The molecular weight excluding hydrogens is 288 g/mol. The van der Waals surface area contributed by atoms with Gasteiger partial charge >= 0.3 is 12.2 Å². The molecule has 0 atom stereocenters. The number of para-hydroxylation sites is 1. The molecule has 22 heavy (non-hydrogen) atoms. The Kier molecular flexibility index (Phi) is 7.24. The number of benzene rings is 1. The summed E-state index contributed by atoms with van der Waals surface area (Å²) >= 11 is 0.